The van der Waals surface area contributed by atoms with Crippen molar-refractivity contribution in [3.63, 3.8) is 0 Å². The van der Waals surface area contributed by atoms with Crippen LogP contribution in [0.5, 0.6) is 0 Å². The minimum Gasteiger partial charge on any atom is -0.465 e. The Hall–Kier alpha value is -1.35. The summed E-state index contributed by atoms with van der Waals surface area (Å²) in [5.74, 6) is -0.175. The Morgan fingerprint density at radius 2 is 1.90 bits per heavy atom. The maximum atomic E-state index is 12.3. The smallest absolute Gasteiger partial charge is 0.327 e. The summed E-state index contributed by atoms with van der Waals surface area (Å²) >= 11 is 0. The number of carbonyl (C=O) groups excluding carboxylic acids is 1. The first kappa shape index (κ1) is 15.0. The van der Waals surface area contributed by atoms with Crippen molar-refractivity contribution in [1.82, 2.24) is 5.32 Å². The molecule has 0 bridgehead atoms. The van der Waals surface area contributed by atoms with Gasteiger partial charge in [0, 0.05) is 5.54 Å². The predicted octanol–water partition coefficient (Wildman–Crippen LogP) is 3.60. The van der Waals surface area contributed by atoms with Gasteiger partial charge in [-0.05, 0) is 32.3 Å². The lowest BCUT2D eigenvalue weighted by Crippen LogP contribution is -2.48. The van der Waals surface area contributed by atoms with Gasteiger partial charge in [-0.3, -0.25) is 5.32 Å². The Morgan fingerprint density at radius 3 is 2.50 bits per heavy atom. The molecule has 2 rings (SSSR count). The first-order valence-electron chi connectivity index (χ1n) is 7.64. The zero-order valence-electron chi connectivity index (χ0n) is 12.5. The van der Waals surface area contributed by atoms with Crippen molar-refractivity contribution in [2.75, 3.05) is 6.61 Å². The molecule has 1 aromatic carbocycles. The molecule has 20 heavy (non-hydrogen) atoms. The molecule has 0 amide bonds. The molecule has 1 fully saturated rings. The molecule has 1 unspecified atom stereocenters. The highest BCUT2D eigenvalue weighted by Gasteiger charge is 2.33. The minimum atomic E-state index is -0.362. The van der Waals surface area contributed by atoms with Crippen LogP contribution in [0.1, 0.15) is 57.6 Å². The van der Waals surface area contributed by atoms with E-state index < -0.39 is 0 Å². The van der Waals surface area contributed by atoms with Crippen LogP contribution >= 0.6 is 0 Å². The van der Waals surface area contributed by atoms with Gasteiger partial charge in [0.05, 0.1) is 6.61 Å². The lowest BCUT2D eigenvalue weighted by atomic mass is 9.82. The van der Waals surface area contributed by atoms with Crippen molar-refractivity contribution < 1.29 is 9.53 Å². The highest BCUT2D eigenvalue weighted by Crippen LogP contribution is 2.30. The number of benzene rings is 1. The number of hydrogen-bond acceptors (Lipinski definition) is 3. The minimum absolute atomic E-state index is 0.0333. The van der Waals surface area contributed by atoms with Gasteiger partial charge < -0.3 is 4.74 Å². The molecule has 0 heterocycles. The molecule has 110 valence electrons. The van der Waals surface area contributed by atoms with Gasteiger partial charge in [0.2, 0.25) is 0 Å². The fourth-order valence-corrected chi connectivity index (χ4v) is 2.97. The van der Waals surface area contributed by atoms with Crippen LogP contribution in [0.4, 0.5) is 0 Å². The highest BCUT2D eigenvalue weighted by molar-refractivity contribution is 5.77. The van der Waals surface area contributed by atoms with Crippen molar-refractivity contribution in [2.45, 2.75) is 57.5 Å². The lowest BCUT2D eigenvalue weighted by molar-refractivity contribution is -0.146. The van der Waals surface area contributed by atoms with Crippen molar-refractivity contribution >= 4 is 5.97 Å². The van der Waals surface area contributed by atoms with Crippen LogP contribution in [0.3, 0.4) is 0 Å². The number of hydrogen-bond donors (Lipinski definition) is 1. The summed E-state index contributed by atoms with van der Waals surface area (Å²) in [5.41, 5.74) is 1.02. The average molecular weight is 275 g/mol. The van der Waals surface area contributed by atoms with Crippen LogP contribution < -0.4 is 5.32 Å². The van der Waals surface area contributed by atoms with Crippen molar-refractivity contribution in [1.29, 1.82) is 0 Å². The third-order valence-corrected chi connectivity index (χ3v) is 4.11. The molecule has 0 radical (unpaired) electrons. The first-order valence-corrected chi connectivity index (χ1v) is 7.64. The Balaban J connectivity index is 2.16. The molecule has 1 atom stereocenters. The summed E-state index contributed by atoms with van der Waals surface area (Å²) in [6, 6.07) is 9.51. The monoisotopic (exact) mass is 275 g/mol. The van der Waals surface area contributed by atoms with Gasteiger partial charge in [-0.25, -0.2) is 4.79 Å². The molecular weight excluding hydrogens is 250 g/mol. The first-order chi connectivity index (χ1) is 9.64. The van der Waals surface area contributed by atoms with Crippen LogP contribution in [0.15, 0.2) is 30.3 Å². The Kier molecular flexibility index (Phi) is 5.18. The zero-order chi connectivity index (χ0) is 14.4. The Labute approximate surface area is 121 Å². The number of carbonyl (C=O) groups is 1. The highest BCUT2D eigenvalue weighted by atomic mass is 16.5. The maximum Gasteiger partial charge on any atom is 0.327 e. The lowest BCUT2D eigenvalue weighted by Gasteiger charge is -2.37. The van der Waals surface area contributed by atoms with E-state index in [1.165, 1.54) is 19.3 Å². The van der Waals surface area contributed by atoms with E-state index in [1.54, 1.807) is 0 Å². The zero-order valence-corrected chi connectivity index (χ0v) is 12.5. The second-order valence-corrected chi connectivity index (χ2v) is 5.86. The topological polar surface area (TPSA) is 38.3 Å². The van der Waals surface area contributed by atoms with Crippen LogP contribution in [0, 0.1) is 0 Å². The summed E-state index contributed by atoms with van der Waals surface area (Å²) in [6.45, 7) is 4.49. The van der Waals surface area contributed by atoms with E-state index in [4.69, 9.17) is 4.74 Å². The molecule has 1 aliphatic rings. The average Bonchev–Trinajstić information content (AvgIpc) is 2.47. The van der Waals surface area contributed by atoms with E-state index >= 15 is 0 Å². The number of ether oxygens (including phenoxy) is 1. The summed E-state index contributed by atoms with van der Waals surface area (Å²) < 4.78 is 5.24. The van der Waals surface area contributed by atoms with Gasteiger partial charge in [-0.15, -0.1) is 0 Å². The predicted molar refractivity (Wildman–Crippen MR) is 80.4 cm³/mol. The normalized spacial score (nSPS) is 19.3. The molecule has 3 heteroatoms. The van der Waals surface area contributed by atoms with Crippen LogP contribution in [0.2, 0.25) is 0 Å². The van der Waals surface area contributed by atoms with E-state index in [0.717, 1.165) is 18.4 Å². The van der Waals surface area contributed by atoms with Crippen LogP contribution in [0.25, 0.3) is 0 Å². The van der Waals surface area contributed by atoms with Gasteiger partial charge in [0.1, 0.15) is 6.04 Å². The van der Waals surface area contributed by atoms with Gasteiger partial charge in [-0.2, -0.15) is 0 Å². The van der Waals surface area contributed by atoms with E-state index in [9.17, 15) is 4.79 Å². The third-order valence-electron chi connectivity index (χ3n) is 4.11. The largest absolute Gasteiger partial charge is 0.465 e. The number of esters is 1. The number of nitrogens with one attached hydrogen (secondary N) is 1. The molecule has 3 nitrogen and oxygen atoms in total. The standard InChI is InChI=1S/C17H25NO2/c1-3-20-16(19)15(14-10-6-4-7-11-14)18-17(2)12-8-5-9-13-17/h4,6-7,10-11,15,18H,3,5,8-9,12-13H2,1-2H3. The van der Waals surface area contributed by atoms with Crippen molar-refractivity contribution in [3.05, 3.63) is 35.9 Å². The van der Waals surface area contributed by atoms with E-state index in [0.29, 0.717) is 6.61 Å². The molecule has 0 saturated heterocycles. The molecule has 0 aromatic heterocycles. The molecule has 1 aliphatic carbocycles. The Morgan fingerprint density at radius 1 is 1.25 bits per heavy atom. The van der Waals surface area contributed by atoms with E-state index in [2.05, 4.69) is 12.2 Å². The molecule has 0 spiro atoms. The van der Waals surface area contributed by atoms with E-state index in [1.807, 2.05) is 37.3 Å². The third kappa shape index (κ3) is 3.83. The summed E-state index contributed by atoms with van der Waals surface area (Å²) in [5, 5.41) is 3.56. The van der Waals surface area contributed by atoms with Gasteiger partial charge in [0.15, 0.2) is 0 Å². The molecule has 0 aliphatic heterocycles. The summed E-state index contributed by atoms with van der Waals surface area (Å²) in [7, 11) is 0. The molecule has 1 N–H and O–H groups in total. The quantitative estimate of drug-likeness (QED) is 0.834. The van der Waals surface area contributed by atoms with Gasteiger partial charge in [0.25, 0.3) is 0 Å². The van der Waals surface area contributed by atoms with Crippen molar-refractivity contribution in [3.8, 4) is 0 Å². The number of rotatable bonds is 5. The fourth-order valence-electron chi connectivity index (χ4n) is 2.97. The molecule has 1 aromatic rings. The van der Waals surface area contributed by atoms with Crippen LogP contribution in [-0.2, 0) is 9.53 Å². The second-order valence-electron chi connectivity index (χ2n) is 5.86. The second kappa shape index (κ2) is 6.89. The van der Waals surface area contributed by atoms with Crippen LogP contribution in [-0.4, -0.2) is 18.1 Å². The molecule has 1 saturated carbocycles. The van der Waals surface area contributed by atoms with Crippen molar-refractivity contribution in [2.24, 2.45) is 0 Å². The van der Waals surface area contributed by atoms with E-state index in [-0.39, 0.29) is 17.6 Å². The van der Waals surface area contributed by atoms with Gasteiger partial charge >= 0.3 is 5.97 Å². The molecular formula is C17H25NO2. The van der Waals surface area contributed by atoms with Gasteiger partial charge in [-0.1, -0.05) is 49.6 Å². The fraction of sp³-hybridized carbons (Fsp3) is 0.588. The SMILES string of the molecule is CCOC(=O)C(NC1(C)CCCCC1)c1ccccc1. The maximum absolute atomic E-state index is 12.3. The Bertz CT molecular complexity index is 424. The summed E-state index contributed by atoms with van der Waals surface area (Å²) in [6.07, 6.45) is 6.00. The summed E-state index contributed by atoms with van der Waals surface area (Å²) in [4.78, 5) is 12.3.